The number of nitrogens with two attached hydrogens (primary N) is 1. The minimum atomic E-state index is 0.725. The predicted octanol–water partition coefficient (Wildman–Crippen LogP) is 0.940. The monoisotopic (exact) mass is 188 g/mol. The normalized spacial score (nSPS) is 11.5. The summed E-state index contributed by atoms with van der Waals surface area (Å²) >= 11 is 0. The Labute approximate surface area is 82.2 Å². The van der Waals surface area contributed by atoms with Crippen molar-refractivity contribution >= 4 is 0 Å². The van der Waals surface area contributed by atoms with E-state index in [-0.39, 0.29) is 0 Å². The summed E-state index contributed by atoms with van der Waals surface area (Å²) in [5.74, 6) is 0.738. The molecular formula is C10H24N2O. The molecule has 0 aromatic heterocycles. The van der Waals surface area contributed by atoms with Crippen LogP contribution in [0.3, 0.4) is 0 Å². The molecule has 3 nitrogen and oxygen atoms in total. The maximum atomic E-state index is 5.48. The first-order chi connectivity index (χ1) is 6.16. The van der Waals surface area contributed by atoms with Crippen LogP contribution in [0.15, 0.2) is 0 Å². The van der Waals surface area contributed by atoms with Crippen molar-refractivity contribution < 1.29 is 4.74 Å². The van der Waals surface area contributed by atoms with Gasteiger partial charge in [-0.05, 0) is 19.4 Å². The third-order valence-corrected chi connectivity index (χ3v) is 1.97. The van der Waals surface area contributed by atoms with Crippen LogP contribution in [0.25, 0.3) is 0 Å². The summed E-state index contributed by atoms with van der Waals surface area (Å²) in [7, 11) is 2.07. The fourth-order valence-electron chi connectivity index (χ4n) is 0.974. The van der Waals surface area contributed by atoms with Crippen LogP contribution < -0.4 is 5.73 Å². The van der Waals surface area contributed by atoms with Gasteiger partial charge in [-0.1, -0.05) is 13.8 Å². The van der Waals surface area contributed by atoms with Crippen LogP contribution in [0, 0.1) is 5.92 Å². The summed E-state index contributed by atoms with van der Waals surface area (Å²) in [6.07, 6.45) is 1.15. The molecule has 0 amide bonds. The molecule has 0 aromatic rings. The van der Waals surface area contributed by atoms with Gasteiger partial charge in [0.15, 0.2) is 0 Å². The Kier molecular flexibility index (Phi) is 8.40. The summed E-state index contributed by atoms with van der Waals surface area (Å²) in [6.45, 7) is 8.79. The first kappa shape index (κ1) is 12.9. The topological polar surface area (TPSA) is 38.5 Å². The van der Waals surface area contributed by atoms with Gasteiger partial charge in [-0.15, -0.1) is 0 Å². The van der Waals surface area contributed by atoms with Crippen LogP contribution in [-0.2, 0) is 4.74 Å². The van der Waals surface area contributed by atoms with Crippen LogP contribution in [0.4, 0.5) is 0 Å². The van der Waals surface area contributed by atoms with Crippen molar-refractivity contribution in [3.05, 3.63) is 0 Å². The lowest BCUT2D eigenvalue weighted by Gasteiger charge is -2.15. The van der Waals surface area contributed by atoms with Gasteiger partial charge in [0.25, 0.3) is 0 Å². The smallest absolute Gasteiger partial charge is 0.0593 e. The predicted molar refractivity (Wildman–Crippen MR) is 56.8 cm³/mol. The number of hydrogen-bond acceptors (Lipinski definition) is 3. The molecule has 0 aromatic carbocycles. The van der Waals surface area contributed by atoms with Gasteiger partial charge in [0.05, 0.1) is 6.61 Å². The summed E-state index contributed by atoms with van der Waals surface area (Å²) in [5.41, 5.74) is 5.42. The highest BCUT2D eigenvalue weighted by molar-refractivity contribution is 4.50. The zero-order valence-electron chi connectivity index (χ0n) is 9.25. The fraction of sp³-hybridized carbons (Fsp3) is 1.00. The highest BCUT2D eigenvalue weighted by Gasteiger charge is 1.97. The molecule has 0 spiro atoms. The average molecular weight is 188 g/mol. The average Bonchev–Trinajstić information content (AvgIpc) is 2.03. The van der Waals surface area contributed by atoms with Gasteiger partial charge in [0.1, 0.15) is 0 Å². The van der Waals surface area contributed by atoms with Crippen LogP contribution >= 0.6 is 0 Å². The van der Waals surface area contributed by atoms with Crippen molar-refractivity contribution in [1.82, 2.24) is 4.90 Å². The molecule has 0 rings (SSSR count). The van der Waals surface area contributed by atoms with E-state index in [4.69, 9.17) is 10.5 Å². The molecular weight excluding hydrogens is 164 g/mol. The highest BCUT2D eigenvalue weighted by atomic mass is 16.5. The molecule has 0 saturated carbocycles. The Morgan fingerprint density at radius 1 is 1.23 bits per heavy atom. The van der Waals surface area contributed by atoms with Gasteiger partial charge in [-0.2, -0.15) is 0 Å². The van der Waals surface area contributed by atoms with E-state index >= 15 is 0 Å². The lowest BCUT2D eigenvalue weighted by atomic mass is 10.1. The summed E-state index contributed by atoms with van der Waals surface area (Å²) in [5, 5.41) is 0. The Hall–Kier alpha value is -0.120. The standard InChI is InChI=1S/C10H24N2O/c1-10(2)4-8-13-9-7-12(3)6-5-11/h10H,4-9,11H2,1-3H3. The summed E-state index contributed by atoms with van der Waals surface area (Å²) < 4.78 is 5.48. The Morgan fingerprint density at radius 2 is 1.92 bits per heavy atom. The quantitative estimate of drug-likeness (QED) is 0.576. The van der Waals surface area contributed by atoms with Crippen molar-refractivity contribution in [1.29, 1.82) is 0 Å². The number of rotatable bonds is 8. The summed E-state index contributed by atoms with van der Waals surface area (Å²) in [6, 6.07) is 0. The van der Waals surface area contributed by atoms with Crippen LogP contribution in [0.5, 0.6) is 0 Å². The molecule has 0 fully saturated rings. The zero-order valence-corrected chi connectivity index (χ0v) is 9.25. The molecule has 0 aliphatic carbocycles. The lowest BCUT2D eigenvalue weighted by molar-refractivity contribution is 0.104. The maximum Gasteiger partial charge on any atom is 0.0593 e. The second-order valence-electron chi connectivity index (χ2n) is 3.89. The highest BCUT2D eigenvalue weighted by Crippen LogP contribution is 1.98. The molecule has 0 heterocycles. The van der Waals surface area contributed by atoms with Gasteiger partial charge in [0, 0.05) is 26.2 Å². The largest absolute Gasteiger partial charge is 0.380 e. The molecule has 80 valence electrons. The third-order valence-electron chi connectivity index (χ3n) is 1.97. The number of ether oxygens (including phenoxy) is 1. The van der Waals surface area contributed by atoms with Crippen LogP contribution in [0.1, 0.15) is 20.3 Å². The zero-order chi connectivity index (χ0) is 10.1. The Morgan fingerprint density at radius 3 is 2.46 bits per heavy atom. The molecule has 0 unspecified atom stereocenters. The molecule has 13 heavy (non-hydrogen) atoms. The second kappa shape index (κ2) is 8.48. The van der Waals surface area contributed by atoms with Crippen LogP contribution in [0.2, 0.25) is 0 Å². The molecule has 2 N–H and O–H groups in total. The molecule has 0 aliphatic rings. The number of nitrogens with zero attached hydrogens (tertiary/aromatic N) is 1. The molecule has 0 bridgehead atoms. The second-order valence-corrected chi connectivity index (χ2v) is 3.89. The SMILES string of the molecule is CC(C)CCOCCN(C)CCN. The van der Waals surface area contributed by atoms with Crippen molar-refractivity contribution in [2.24, 2.45) is 11.7 Å². The van der Waals surface area contributed by atoms with E-state index in [0.29, 0.717) is 0 Å². The van der Waals surface area contributed by atoms with Gasteiger partial charge >= 0.3 is 0 Å². The van der Waals surface area contributed by atoms with Gasteiger partial charge in [-0.3, -0.25) is 0 Å². The van der Waals surface area contributed by atoms with Crippen molar-refractivity contribution in [3.63, 3.8) is 0 Å². The minimum Gasteiger partial charge on any atom is -0.380 e. The molecule has 3 heteroatoms. The maximum absolute atomic E-state index is 5.48. The van der Waals surface area contributed by atoms with Crippen LogP contribution in [-0.4, -0.2) is 44.8 Å². The van der Waals surface area contributed by atoms with E-state index in [1.165, 1.54) is 0 Å². The van der Waals surface area contributed by atoms with E-state index in [1.54, 1.807) is 0 Å². The van der Waals surface area contributed by atoms with Gasteiger partial charge in [-0.25, -0.2) is 0 Å². The molecule has 0 radical (unpaired) electrons. The Balaban J connectivity index is 3.06. The third kappa shape index (κ3) is 9.80. The van der Waals surface area contributed by atoms with Crippen molar-refractivity contribution in [2.45, 2.75) is 20.3 Å². The minimum absolute atomic E-state index is 0.725. The lowest BCUT2D eigenvalue weighted by Crippen LogP contribution is -2.28. The van der Waals surface area contributed by atoms with E-state index in [0.717, 1.165) is 45.2 Å². The van der Waals surface area contributed by atoms with E-state index in [9.17, 15) is 0 Å². The fourth-order valence-corrected chi connectivity index (χ4v) is 0.974. The Bertz CT molecular complexity index is 107. The first-order valence-corrected chi connectivity index (χ1v) is 5.13. The van der Waals surface area contributed by atoms with E-state index < -0.39 is 0 Å². The molecule has 0 saturated heterocycles. The summed E-state index contributed by atoms with van der Waals surface area (Å²) in [4.78, 5) is 2.19. The number of likely N-dealkylation sites (N-methyl/N-ethyl adjacent to an activating group) is 1. The van der Waals surface area contributed by atoms with E-state index in [2.05, 4.69) is 25.8 Å². The molecule has 0 aliphatic heterocycles. The van der Waals surface area contributed by atoms with Gasteiger partial charge in [0.2, 0.25) is 0 Å². The van der Waals surface area contributed by atoms with Crippen molar-refractivity contribution in [2.75, 3.05) is 39.9 Å². The molecule has 0 atom stereocenters. The van der Waals surface area contributed by atoms with Crippen molar-refractivity contribution in [3.8, 4) is 0 Å². The van der Waals surface area contributed by atoms with E-state index in [1.807, 2.05) is 0 Å². The first-order valence-electron chi connectivity index (χ1n) is 5.13. The van der Waals surface area contributed by atoms with Gasteiger partial charge < -0.3 is 15.4 Å². The number of hydrogen-bond donors (Lipinski definition) is 1.